The normalized spacial score (nSPS) is 20.5. The average Bonchev–Trinajstić information content (AvgIpc) is 2.64. The van der Waals surface area contributed by atoms with Crippen molar-refractivity contribution in [2.75, 3.05) is 13.9 Å². The van der Waals surface area contributed by atoms with Crippen molar-refractivity contribution in [1.29, 1.82) is 0 Å². The summed E-state index contributed by atoms with van der Waals surface area (Å²) >= 11 is 0. The third kappa shape index (κ3) is 5.38. The lowest BCUT2D eigenvalue weighted by molar-refractivity contribution is 0.0709. The molecule has 5 nitrogen and oxygen atoms in total. The van der Waals surface area contributed by atoms with Gasteiger partial charge in [-0.05, 0) is 41.7 Å². The van der Waals surface area contributed by atoms with Crippen molar-refractivity contribution in [2.45, 2.75) is 73.6 Å². The number of hydrogen-bond acceptors (Lipinski definition) is 4. The summed E-state index contributed by atoms with van der Waals surface area (Å²) in [4.78, 5) is 9.62. The minimum Gasteiger partial charge on any atom is -0.466 e. The highest BCUT2D eigenvalue weighted by atomic mass is 31.2. The lowest BCUT2D eigenvalue weighted by atomic mass is 9.64. The molecule has 0 amide bonds. The zero-order chi connectivity index (χ0) is 26.2. The predicted octanol–water partition coefficient (Wildman–Crippen LogP) is 6.42. The van der Waals surface area contributed by atoms with Gasteiger partial charge >= 0.3 is 7.82 Å². The first kappa shape index (κ1) is 17.9. The van der Waals surface area contributed by atoms with Crippen LogP contribution in [0.3, 0.4) is 0 Å². The molecule has 0 radical (unpaired) electrons. The minimum atomic E-state index is -4.36. The Morgan fingerprint density at radius 1 is 1.21 bits per heavy atom. The van der Waals surface area contributed by atoms with Crippen LogP contribution in [0.1, 0.15) is 84.8 Å². The molecule has 0 spiro atoms. The first-order valence-corrected chi connectivity index (χ1v) is 11.0. The zero-order valence-electron chi connectivity index (χ0n) is 23.5. The van der Waals surface area contributed by atoms with Gasteiger partial charge in [0.15, 0.2) is 6.79 Å². The van der Waals surface area contributed by atoms with Crippen molar-refractivity contribution in [2.24, 2.45) is 17.7 Å². The largest absolute Gasteiger partial charge is 0.474 e. The van der Waals surface area contributed by atoms with Gasteiger partial charge in [-0.3, -0.25) is 4.52 Å². The van der Waals surface area contributed by atoms with E-state index in [2.05, 4.69) is 4.52 Å². The summed E-state index contributed by atoms with van der Waals surface area (Å²) in [6, 6.07) is 3.24. The molecule has 2 atom stereocenters. The van der Waals surface area contributed by atoms with E-state index in [1.54, 1.807) is 6.07 Å². The van der Waals surface area contributed by atoms with Gasteiger partial charge in [0.05, 0.1) is 0 Å². The van der Waals surface area contributed by atoms with Crippen molar-refractivity contribution in [3.8, 4) is 5.75 Å². The van der Waals surface area contributed by atoms with E-state index in [9.17, 15) is 9.46 Å². The second-order valence-corrected chi connectivity index (χ2v) is 9.70. The number of benzene rings is 1. The maximum Gasteiger partial charge on any atom is 0.474 e. The van der Waals surface area contributed by atoms with Gasteiger partial charge in [-0.15, -0.1) is 0 Å². The fourth-order valence-corrected chi connectivity index (χ4v) is 3.71. The van der Waals surface area contributed by atoms with E-state index >= 15 is 0 Å². The maximum absolute atomic E-state index is 11.8. The number of phosphoric ester groups is 1. The molecule has 0 aliphatic rings. The molecule has 162 valence electrons. The van der Waals surface area contributed by atoms with E-state index in [0.717, 1.165) is 12.7 Å². The van der Waals surface area contributed by atoms with Crippen LogP contribution in [-0.4, -0.2) is 18.8 Å². The molecule has 1 aromatic carbocycles. The molecule has 0 saturated carbocycles. The van der Waals surface area contributed by atoms with Gasteiger partial charge in [0.25, 0.3) is 0 Å². The maximum atomic E-state index is 11.8. The SMILES string of the molecule is [2H]C([2H])([2H])C([2H])(c1ccc(C)c(C(C)(C(C)C)C(C)C)c1OCOP(=O)(O)OC)C([2H])(C)C. The molecular weight excluding hydrogens is 375 g/mol. The molecule has 0 saturated heterocycles. The highest BCUT2D eigenvalue weighted by Gasteiger charge is 2.39. The van der Waals surface area contributed by atoms with E-state index in [-0.39, 0.29) is 23.1 Å². The highest BCUT2D eigenvalue weighted by molar-refractivity contribution is 7.47. The Hall–Kier alpha value is -0.870. The lowest BCUT2D eigenvalue weighted by Crippen LogP contribution is -2.36. The van der Waals surface area contributed by atoms with Gasteiger partial charge < -0.3 is 9.63 Å². The Balaban J connectivity index is 4.04. The minimum absolute atomic E-state index is 0.00409. The van der Waals surface area contributed by atoms with Crippen LogP contribution >= 0.6 is 7.82 Å². The van der Waals surface area contributed by atoms with E-state index in [1.807, 2.05) is 41.5 Å². The summed E-state index contributed by atoms with van der Waals surface area (Å²) in [6.45, 7) is 11.3. The molecule has 0 aliphatic heterocycles. The molecule has 1 aromatic rings. The van der Waals surface area contributed by atoms with Gasteiger partial charge in [-0.2, -0.15) is 0 Å². The molecule has 2 unspecified atom stereocenters. The van der Waals surface area contributed by atoms with E-state index in [1.165, 1.54) is 19.9 Å². The molecule has 0 aliphatic carbocycles. The Kier molecular flexibility index (Phi) is 6.25. The molecule has 0 bridgehead atoms. The number of ether oxygens (including phenoxy) is 1. The topological polar surface area (TPSA) is 65.0 Å². The van der Waals surface area contributed by atoms with Crippen molar-refractivity contribution >= 4 is 7.82 Å². The molecule has 28 heavy (non-hydrogen) atoms. The van der Waals surface area contributed by atoms with Gasteiger partial charge in [0, 0.05) is 24.9 Å². The summed E-state index contributed by atoms with van der Waals surface area (Å²) in [7, 11) is -3.34. The van der Waals surface area contributed by atoms with E-state index in [4.69, 9.17) is 16.1 Å². The zero-order valence-corrected chi connectivity index (χ0v) is 19.4. The van der Waals surface area contributed by atoms with E-state index in [0.29, 0.717) is 5.56 Å². The third-order valence-electron chi connectivity index (χ3n) is 5.72. The van der Waals surface area contributed by atoms with E-state index < -0.39 is 38.7 Å². The molecule has 1 N–H and O–H groups in total. The first-order valence-electron chi connectivity index (χ1n) is 12.0. The van der Waals surface area contributed by atoms with Crippen LogP contribution < -0.4 is 4.74 Å². The van der Waals surface area contributed by atoms with Crippen LogP contribution in [0.5, 0.6) is 5.75 Å². The second kappa shape index (κ2) is 9.75. The van der Waals surface area contributed by atoms with Crippen molar-refractivity contribution in [3.05, 3.63) is 28.8 Å². The Bertz CT molecular complexity index is 855. The van der Waals surface area contributed by atoms with Crippen LogP contribution in [0.15, 0.2) is 12.1 Å². The summed E-state index contributed by atoms with van der Waals surface area (Å²) in [5, 5.41) is 0. The number of rotatable bonds is 10. The second-order valence-electron chi connectivity index (χ2n) is 8.14. The van der Waals surface area contributed by atoms with Gasteiger partial charge in [0.1, 0.15) is 5.75 Å². The van der Waals surface area contributed by atoms with Crippen LogP contribution in [0, 0.1) is 24.7 Å². The van der Waals surface area contributed by atoms with Crippen molar-refractivity contribution in [1.82, 2.24) is 0 Å². The summed E-state index contributed by atoms with van der Waals surface area (Å²) in [6.07, 6.45) is 0. The molecule has 1 rings (SSSR count). The fourth-order valence-electron chi connectivity index (χ4n) is 3.42. The summed E-state index contributed by atoms with van der Waals surface area (Å²) in [5.41, 5.74) is 0.989. The Labute approximate surface area is 178 Å². The number of aryl methyl sites for hydroxylation is 1. The van der Waals surface area contributed by atoms with Crippen LogP contribution in [0.4, 0.5) is 0 Å². The molecule has 0 fully saturated rings. The van der Waals surface area contributed by atoms with Crippen molar-refractivity contribution < 1.29 is 30.1 Å². The molecule has 0 aromatic heterocycles. The van der Waals surface area contributed by atoms with Gasteiger partial charge in [-0.1, -0.05) is 67.5 Å². The fraction of sp³-hybridized carbons (Fsp3) is 0.727. The predicted molar refractivity (Wildman–Crippen MR) is 115 cm³/mol. The van der Waals surface area contributed by atoms with Crippen LogP contribution in [0.25, 0.3) is 0 Å². The number of hydrogen-bond donors (Lipinski definition) is 1. The Morgan fingerprint density at radius 3 is 2.21 bits per heavy atom. The molecular formula is C22H39O5P. The monoisotopic (exact) mass is 419 g/mol. The van der Waals surface area contributed by atoms with Crippen LogP contribution in [-0.2, 0) is 19.0 Å². The highest BCUT2D eigenvalue weighted by Crippen LogP contribution is 2.49. The quantitative estimate of drug-likeness (QED) is 0.350. The first-order chi connectivity index (χ1) is 14.7. The average molecular weight is 420 g/mol. The summed E-state index contributed by atoms with van der Waals surface area (Å²) < 4.78 is 69.2. The standard InChI is InChI=1S/C22H39O5P/c1-14(2)18(8)19-12-11-17(7)20(22(9,15(3)4)16(5)6)21(19)26-13-27-28(23,24)25-10/h11-12,14-16,18H,13H2,1-10H3,(H,23,24)/i8D3,14D,18D. The Morgan fingerprint density at radius 2 is 1.79 bits per heavy atom. The molecule has 0 heterocycles. The third-order valence-corrected chi connectivity index (χ3v) is 6.62. The molecule has 6 heteroatoms. The number of phosphoric acid groups is 1. The summed E-state index contributed by atoms with van der Waals surface area (Å²) in [5.74, 6) is -3.84. The van der Waals surface area contributed by atoms with Crippen LogP contribution in [0.2, 0.25) is 0 Å². The van der Waals surface area contributed by atoms with Gasteiger partial charge in [0.2, 0.25) is 0 Å². The van der Waals surface area contributed by atoms with Crippen molar-refractivity contribution in [3.63, 3.8) is 0 Å². The lowest BCUT2D eigenvalue weighted by Gasteiger charge is -2.41. The smallest absolute Gasteiger partial charge is 0.466 e. The van der Waals surface area contributed by atoms with Gasteiger partial charge in [-0.25, -0.2) is 9.09 Å².